The Hall–Kier alpha value is -1.50. The molecule has 0 bridgehead atoms. The molecular weight excluding hydrogens is 276 g/mol. The minimum Gasteiger partial charge on any atom is -0.493 e. The maximum absolute atomic E-state index is 10.3. The van der Waals surface area contributed by atoms with Crippen molar-refractivity contribution in [3.05, 3.63) is 17.7 Å². The van der Waals surface area contributed by atoms with Gasteiger partial charge in [-0.3, -0.25) is 0 Å². The van der Waals surface area contributed by atoms with E-state index in [1.807, 2.05) is 0 Å². The van der Waals surface area contributed by atoms with Crippen LogP contribution in [0.25, 0.3) is 0 Å². The van der Waals surface area contributed by atoms with Gasteiger partial charge in [0.25, 0.3) is 0 Å². The van der Waals surface area contributed by atoms with E-state index >= 15 is 0 Å². The number of aliphatic hydroxyl groups is 1. The van der Waals surface area contributed by atoms with Gasteiger partial charge in [-0.15, -0.1) is 0 Å². The molecule has 118 valence electrons. The van der Waals surface area contributed by atoms with Crippen LogP contribution in [0.4, 0.5) is 0 Å². The summed E-state index contributed by atoms with van der Waals surface area (Å²) in [6.45, 7) is 1.23. The molecule has 1 saturated heterocycles. The molecule has 6 nitrogen and oxygen atoms in total. The maximum atomic E-state index is 10.3. The molecule has 0 aliphatic carbocycles. The number of aliphatic hydroxyl groups excluding tert-OH is 1. The van der Waals surface area contributed by atoms with E-state index in [4.69, 9.17) is 23.7 Å². The third kappa shape index (κ3) is 3.78. The Kier molecular flexibility index (Phi) is 5.67. The summed E-state index contributed by atoms with van der Waals surface area (Å²) in [5.41, 5.74) is 0.711. The average molecular weight is 298 g/mol. The van der Waals surface area contributed by atoms with E-state index in [1.165, 1.54) is 0 Å². The normalized spacial score (nSPS) is 16.8. The fourth-order valence-corrected chi connectivity index (χ4v) is 2.33. The van der Waals surface area contributed by atoms with Crippen molar-refractivity contribution >= 4 is 0 Å². The average Bonchev–Trinajstić information content (AvgIpc) is 3.04. The molecule has 0 saturated carbocycles. The molecule has 1 heterocycles. The zero-order chi connectivity index (χ0) is 15.2. The first kappa shape index (κ1) is 15.9. The number of hydrogen-bond donors (Lipinski definition) is 1. The quantitative estimate of drug-likeness (QED) is 0.829. The fraction of sp³-hybridized carbons (Fsp3) is 0.600. The van der Waals surface area contributed by atoms with Crippen LogP contribution in [0.1, 0.15) is 24.5 Å². The minimum atomic E-state index is -0.647. The molecule has 6 heteroatoms. The molecule has 0 spiro atoms. The van der Waals surface area contributed by atoms with Crippen LogP contribution in [0.2, 0.25) is 0 Å². The van der Waals surface area contributed by atoms with Crippen LogP contribution >= 0.6 is 0 Å². The SMILES string of the molecule is COc1cc(C(O)CCC2OCCO2)cc(OC)c1OC. The smallest absolute Gasteiger partial charge is 0.203 e. The van der Waals surface area contributed by atoms with Gasteiger partial charge in [-0.05, 0) is 24.1 Å². The highest BCUT2D eigenvalue weighted by Crippen LogP contribution is 2.40. The van der Waals surface area contributed by atoms with Gasteiger partial charge in [-0.2, -0.15) is 0 Å². The van der Waals surface area contributed by atoms with E-state index in [-0.39, 0.29) is 6.29 Å². The summed E-state index contributed by atoms with van der Waals surface area (Å²) in [4.78, 5) is 0. The molecule has 0 radical (unpaired) electrons. The molecule has 1 unspecified atom stereocenters. The van der Waals surface area contributed by atoms with Crippen molar-refractivity contribution in [3.63, 3.8) is 0 Å². The molecule has 1 atom stereocenters. The molecule has 0 aromatic heterocycles. The van der Waals surface area contributed by atoms with E-state index in [2.05, 4.69) is 0 Å². The first-order valence-electron chi connectivity index (χ1n) is 6.90. The van der Waals surface area contributed by atoms with Gasteiger partial charge in [0.2, 0.25) is 5.75 Å². The highest BCUT2D eigenvalue weighted by molar-refractivity contribution is 5.54. The Morgan fingerprint density at radius 1 is 1.10 bits per heavy atom. The predicted octanol–water partition coefficient (Wildman–Crippen LogP) is 1.90. The number of ether oxygens (including phenoxy) is 5. The fourth-order valence-electron chi connectivity index (χ4n) is 2.33. The van der Waals surface area contributed by atoms with Crippen molar-refractivity contribution in [2.24, 2.45) is 0 Å². The Labute approximate surface area is 124 Å². The predicted molar refractivity (Wildman–Crippen MR) is 76.0 cm³/mol. The van der Waals surface area contributed by atoms with Crippen LogP contribution in [0, 0.1) is 0 Å². The lowest BCUT2D eigenvalue weighted by atomic mass is 10.0. The van der Waals surface area contributed by atoms with Crippen molar-refractivity contribution < 1.29 is 28.8 Å². The van der Waals surface area contributed by atoms with Crippen molar-refractivity contribution in [2.75, 3.05) is 34.5 Å². The summed E-state index contributed by atoms with van der Waals surface area (Å²) in [5.74, 6) is 1.57. The van der Waals surface area contributed by atoms with E-state index in [1.54, 1.807) is 33.5 Å². The van der Waals surface area contributed by atoms with Gasteiger partial charge < -0.3 is 28.8 Å². The first-order valence-corrected chi connectivity index (χ1v) is 6.90. The Bertz CT molecular complexity index is 430. The molecule has 0 amide bonds. The minimum absolute atomic E-state index is 0.221. The topological polar surface area (TPSA) is 66.4 Å². The lowest BCUT2D eigenvalue weighted by Crippen LogP contribution is -2.10. The lowest BCUT2D eigenvalue weighted by molar-refractivity contribution is -0.0542. The van der Waals surface area contributed by atoms with E-state index in [9.17, 15) is 5.11 Å². The highest BCUT2D eigenvalue weighted by Gasteiger charge is 2.21. The Balaban J connectivity index is 2.10. The number of methoxy groups -OCH3 is 3. The summed E-state index contributed by atoms with van der Waals surface area (Å²) in [7, 11) is 4.65. The molecule has 2 rings (SSSR count). The Morgan fingerprint density at radius 2 is 1.67 bits per heavy atom. The molecule has 1 aliphatic rings. The molecule has 1 aromatic rings. The van der Waals surface area contributed by atoms with Gasteiger partial charge in [0, 0.05) is 6.42 Å². The van der Waals surface area contributed by atoms with Crippen molar-refractivity contribution in [1.82, 2.24) is 0 Å². The van der Waals surface area contributed by atoms with Crippen LogP contribution in [-0.2, 0) is 9.47 Å². The summed E-state index contributed by atoms with van der Waals surface area (Å²) >= 11 is 0. The lowest BCUT2D eigenvalue weighted by Gasteiger charge is -2.18. The van der Waals surface area contributed by atoms with E-state index in [0.717, 1.165) is 0 Å². The maximum Gasteiger partial charge on any atom is 0.203 e. The van der Waals surface area contributed by atoms with Gasteiger partial charge in [0.1, 0.15) is 0 Å². The third-order valence-corrected chi connectivity index (χ3v) is 3.44. The molecule has 21 heavy (non-hydrogen) atoms. The Morgan fingerprint density at radius 3 is 2.14 bits per heavy atom. The van der Waals surface area contributed by atoms with Gasteiger partial charge in [-0.1, -0.05) is 0 Å². The molecule has 1 fully saturated rings. The number of hydrogen-bond acceptors (Lipinski definition) is 6. The van der Waals surface area contributed by atoms with E-state index < -0.39 is 6.10 Å². The summed E-state index contributed by atoms with van der Waals surface area (Å²) in [6.07, 6.45) is 0.300. The van der Waals surface area contributed by atoms with Crippen LogP contribution in [-0.4, -0.2) is 45.9 Å². The van der Waals surface area contributed by atoms with Crippen LogP contribution in [0.5, 0.6) is 17.2 Å². The van der Waals surface area contributed by atoms with Gasteiger partial charge in [-0.25, -0.2) is 0 Å². The largest absolute Gasteiger partial charge is 0.493 e. The number of benzene rings is 1. The third-order valence-electron chi connectivity index (χ3n) is 3.44. The highest BCUT2D eigenvalue weighted by atomic mass is 16.7. The zero-order valence-corrected chi connectivity index (χ0v) is 12.6. The van der Waals surface area contributed by atoms with Crippen LogP contribution in [0.15, 0.2) is 12.1 Å². The summed E-state index contributed by atoms with van der Waals surface area (Å²) in [5, 5.41) is 10.3. The number of rotatable bonds is 7. The van der Waals surface area contributed by atoms with Crippen molar-refractivity contribution in [1.29, 1.82) is 0 Å². The van der Waals surface area contributed by atoms with E-state index in [0.29, 0.717) is 48.9 Å². The van der Waals surface area contributed by atoms with Gasteiger partial charge in [0.05, 0.1) is 40.6 Å². The molecule has 1 aliphatic heterocycles. The van der Waals surface area contributed by atoms with Crippen LogP contribution in [0.3, 0.4) is 0 Å². The van der Waals surface area contributed by atoms with Crippen molar-refractivity contribution in [2.45, 2.75) is 25.2 Å². The standard InChI is InChI=1S/C15H22O6/c1-17-12-8-10(9-13(18-2)15(12)19-3)11(16)4-5-14-20-6-7-21-14/h8-9,11,14,16H,4-7H2,1-3H3. The molecule has 1 aromatic carbocycles. The molecule has 1 N–H and O–H groups in total. The second-order valence-electron chi connectivity index (χ2n) is 4.72. The first-order chi connectivity index (χ1) is 10.2. The molecular formula is C15H22O6. The van der Waals surface area contributed by atoms with Crippen molar-refractivity contribution in [3.8, 4) is 17.2 Å². The second-order valence-corrected chi connectivity index (χ2v) is 4.72. The monoisotopic (exact) mass is 298 g/mol. The van der Waals surface area contributed by atoms with Crippen LogP contribution < -0.4 is 14.2 Å². The zero-order valence-electron chi connectivity index (χ0n) is 12.6. The van der Waals surface area contributed by atoms with Gasteiger partial charge in [0.15, 0.2) is 17.8 Å². The summed E-state index contributed by atoms with van der Waals surface area (Å²) in [6, 6.07) is 3.50. The summed E-state index contributed by atoms with van der Waals surface area (Å²) < 4.78 is 26.6. The second kappa shape index (κ2) is 7.49. The van der Waals surface area contributed by atoms with Gasteiger partial charge >= 0.3 is 0 Å².